The van der Waals surface area contributed by atoms with Gasteiger partial charge in [-0.3, -0.25) is 4.79 Å². The van der Waals surface area contributed by atoms with Gasteiger partial charge in [0.1, 0.15) is 5.78 Å². The van der Waals surface area contributed by atoms with Gasteiger partial charge in [-0.05, 0) is 48.3 Å². The Balaban J connectivity index is 2.13. The average molecular weight is 206 g/mol. The minimum atomic E-state index is 0.382. The van der Waals surface area contributed by atoms with E-state index in [2.05, 4.69) is 20.8 Å². The number of hydrogen-bond acceptors (Lipinski definition) is 1. The number of ketones is 1. The number of carbonyl (C=O) groups excluding carboxylic acids is 1. The normalized spacial score (nSPS) is 51.9. The van der Waals surface area contributed by atoms with Gasteiger partial charge in [-0.25, -0.2) is 0 Å². The third kappa shape index (κ3) is 0.893. The van der Waals surface area contributed by atoms with E-state index in [9.17, 15) is 4.79 Å². The second-order valence-electron chi connectivity index (χ2n) is 6.69. The summed E-state index contributed by atoms with van der Waals surface area (Å²) in [4.78, 5) is 12.0. The van der Waals surface area contributed by atoms with Gasteiger partial charge >= 0.3 is 0 Å². The SMILES string of the molecule is C[C@@H]1CC[C@H]2CC3C(=O)CC[C@@]31C2(C)C. The van der Waals surface area contributed by atoms with Crippen molar-refractivity contribution in [2.24, 2.45) is 28.6 Å². The topological polar surface area (TPSA) is 17.1 Å². The lowest BCUT2D eigenvalue weighted by atomic mass is 9.52. The van der Waals surface area contributed by atoms with E-state index in [0.29, 0.717) is 22.5 Å². The van der Waals surface area contributed by atoms with Crippen molar-refractivity contribution in [3.05, 3.63) is 0 Å². The lowest BCUT2D eigenvalue weighted by Crippen LogP contribution is -2.46. The number of Topliss-reactive ketones (excluding diaryl/α,β-unsaturated/α-hetero) is 1. The monoisotopic (exact) mass is 206 g/mol. The van der Waals surface area contributed by atoms with Gasteiger partial charge in [0.05, 0.1) is 0 Å². The molecular weight excluding hydrogens is 184 g/mol. The quantitative estimate of drug-likeness (QED) is 0.593. The van der Waals surface area contributed by atoms with E-state index in [1.54, 1.807) is 0 Å². The van der Waals surface area contributed by atoms with E-state index in [1.807, 2.05) is 0 Å². The van der Waals surface area contributed by atoms with Gasteiger partial charge < -0.3 is 0 Å². The zero-order valence-corrected chi connectivity index (χ0v) is 10.2. The zero-order valence-electron chi connectivity index (χ0n) is 10.2. The van der Waals surface area contributed by atoms with Crippen LogP contribution in [-0.2, 0) is 4.79 Å². The summed E-state index contributed by atoms with van der Waals surface area (Å²) in [6, 6.07) is 0. The second kappa shape index (κ2) is 2.67. The molecule has 1 spiro atoms. The Kier molecular flexibility index (Phi) is 1.76. The lowest BCUT2D eigenvalue weighted by Gasteiger charge is -2.52. The maximum atomic E-state index is 12.0. The van der Waals surface area contributed by atoms with E-state index >= 15 is 0 Å². The van der Waals surface area contributed by atoms with E-state index in [0.717, 1.165) is 18.3 Å². The average Bonchev–Trinajstić information content (AvgIpc) is 2.53. The largest absolute Gasteiger partial charge is 0.299 e. The third-order valence-corrected chi connectivity index (χ3v) is 6.36. The molecule has 0 aromatic carbocycles. The summed E-state index contributed by atoms with van der Waals surface area (Å²) in [6.07, 6.45) is 5.97. The molecule has 3 aliphatic rings. The van der Waals surface area contributed by atoms with Crippen molar-refractivity contribution in [3.63, 3.8) is 0 Å². The summed E-state index contributed by atoms with van der Waals surface area (Å²) in [7, 11) is 0. The van der Waals surface area contributed by atoms with Crippen molar-refractivity contribution in [3.8, 4) is 0 Å². The van der Waals surface area contributed by atoms with Crippen LogP contribution < -0.4 is 0 Å². The van der Waals surface area contributed by atoms with Crippen molar-refractivity contribution in [2.75, 3.05) is 0 Å². The molecule has 0 aliphatic heterocycles. The Morgan fingerprint density at radius 3 is 2.73 bits per heavy atom. The molecule has 1 nitrogen and oxygen atoms in total. The second-order valence-corrected chi connectivity index (χ2v) is 6.69. The van der Waals surface area contributed by atoms with Crippen LogP contribution in [-0.4, -0.2) is 5.78 Å². The van der Waals surface area contributed by atoms with Crippen molar-refractivity contribution in [2.45, 2.75) is 52.9 Å². The fourth-order valence-corrected chi connectivity index (χ4v) is 5.45. The zero-order chi connectivity index (χ0) is 10.8. The van der Waals surface area contributed by atoms with Crippen molar-refractivity contribution in [1.82, 2.24) is 0 Å². The van der Waals surface area contributed by atoms with E-state index in [4.69, 9.17) is 0 Å². The Labute approximate surface area is 92.6 Å². The summed E-state index contributed by atoms with van der Waals surface area (Å²) in [5.41, 5.74) is 0.800. The first kappa shape index (κ1) is 9.86. The van der Waals surface area contributed by atoms with Gasteiger partial charge in [-0.2, -0.15) is 0 Å². The van der Waals surface area contributed by atoms with Crippen molar-refractivity contribution < 1.29 is 4.79 Å². The molecule has 0 radical (unpaired) electrons. The number of rotatable bonds is 0. The molecule has 4 atom stereocenters. The summed E-state index contributed by atoms with van der Waals surface area (Å²) in [6.45, 7) is 7.27. The van der Waals surface area contributed by atoms with E-state index in [-0.39, 0.29) is 0 Å². The molecule has 2 bridgehead atoms. The smallest absolute Gasteiger partial charge is 0.136 e. The summed E-state index contributed by atoms with van der Waals surface area (Å²) >= 11 is 0. The number of carbonyl (C=O) groups is 1. The highest BCUT2D eigenvalue weighted by atomic mass is 16.1. The maximum absolute atomic E-state index is 12.0. The molecule has 3 aliphatic carbocycles. The van der Waals surface area contributed by atoms with Crippen LogP contribution in [0.5, 0.6) is 0 Å². The first-order valence-electron chi connectivity index (χ1n) is 6.53. The highest BCUT2D eigenvalue weighted by molar-refractivity contribution is 5.85. The highest BCUT2D eigenvalue weighted by Gasteiger charge is 2.67. The van der Waals surface area contributed by atoms with Crippen LogP contribution in [0, 0.1) is 28.6 Å². The van der Waals surface area contributed by atoms with Crippen LogP contribution in [0.15, 0.2) is 0 Å². The lowest BCUT2D eigenvalue weighted by molar-refractivity contribution is -0.123. The van der Waals surface area contributed by atoms with Crippen LogP contribution in [0.2, 0.25) is 0 Å². The molecule has 0 saturated heterocycles. The molecule has 84 valence electrons. The first-order valence-corrected chi connectivity index (χ1v) is 6.53. The maximum Gasteiger partial charge on any atom is 0.136 e. The Hall–Kier alpha value is -0.330. The Bertz CT molecular complexity index is 317. The molecule has 15 heavy (non-hydrogen) atoms. The third-order valence-electron chi connectivity index (χ3n) is 6.36. The first-order chi connectivity index (χ1) is 7.00. The van der Waals surface area contributed by atoms with Gasteiger partial charge in [-0.15, -0.1) is 0 Å². The van der Waals surface area contributed by atoms with Crippen molar-refractivity contribution >= 4 is 5.78 Å². The minimum Gasteiger partial charge on any atom is -0.299 e. The van der Waals surface area contributed by atoms with Gasteiger partial charge in [-0.1, -0.05) is 20.8 Å². The predicted octanol–water partition coefficient (Wildman–Crippen LogP) is 3.43. The minimum absolute atomic E-state index is 0.382. The Morgan fingerprint density at radius 1 is 1.27 bits per heavy atom. The summed E-state index contributed by atoms with van der Waals surface area (Å²) in [5.74, 6) is 2.60. The van der Waals surface area contributed by atoms with Crippen LogP contribution in [0.4, 0.5) is 0 Å². The molecule has 1 unspecified atom stereocenters. The molecule has 1 heteroatoms. The van der Waals surface area contributed by atoms with Crippen LogP contribution >= 0.6 is 0 Å². The van der Waals surface area contributed by atoms with Crippen LogP contribution in [0.3, 0.4) is 0 Å². The van der Waals surface area contributed by atoms with Gasteiger partial charge in [0.25, 0.3) is 0 Å². The van der Waals surface area contributed by atoms with E-state index < -0.39 is 0 Å². The predicted molar refractivity (Wildman–Crippen MR) is 60.5 cm³/mol. The van der Waals surface area contributed by atoms with Crippen LogP contribution in [0.25, 0.3) is 0 Å². The van der Waals surface area contributed by atoms with Gasteiger partial charge in [0.15, 0.2) is 0 Å². The molecule has 3 fully saturated rings. The molecule has 3 saturated carbocycles. The van der Waals surface area contributed by atoms with Gasteiger partial charge in [0.2, 0.25) is 0 Å². The summed E-state index contributed by atoms with van der Waals surface area (Å²) < 4.78 is 0. The van der Waals surface area contributed by atoms with Crippen molar-refractivity contribution in [1.29, 1.82) is 0 Å². The van der Waals surface area contributed by atoms with Gasteiger partial charge in [0, 0.05) is 12.3 Å². The van der Waals surface area contributed by atoms with Crippen LogP contribution in [0.1, 0.15) is 52.9 Å². The molecule has 0 N–H and O–H groups in total. The fraction of sp³-hybridized carbons (Fsp3) is 0.929. The number of fused-ring (bicyclic) bond motifs is 1. The fourth-order valence-electron chi connectivity index (χ4n) is 5.45. The molecule has 0 heterocycles. The molecule has 0 aromatic rings. The van der Waals surface area contributed by atoms with E-state index in [1.165, 1.54) is 25.7 Å². The summed E-state index contributed by atoms with van der Waals surface area (Å²) in [5, 5.41) is 0. The molecule has 0 aromatic heterocycles. The molecule has 0 amide bonds. The highest BCUT2D eigenvalue weighted by Crippen LogP contribution is 2.72. The standard InChI is InChI=1S/C14H22O/c1-9-4-5-10-8-11-12(15)6-7-14(9,11)13(10,2)3/h9-11H,4-8H2,1-3H3/t9-,10+,11?,14+/m1/s1. The number of hydrogen-bond donors (Lipinski definition) is 0. The molecular formula is C14H22O. The molecule has 3 rings (SSSR count). The Morgan fingerprint density at radius 2 is 2.00 bits per heavy atom.